The van der Waals surface area contributed by atoms with Gasteiger partial charge in [0.05, 0.1) is 11.4 Å². The lowest BCUT2D eigenvalue weighted by atomic mass is 10.2. The number of fused-ring (bicyclic) bond motifs is 2. The lowest BCUT2D eigenvalue weighted by Gasteiger charge is -2.30. The molecule has 152 valence electrons. The molecule has 0 saturated carbocycles. The molecule has 5 nitrogen and oxygen atoms in total. The SMILES string of the molecule is CCc1ccc(OCC(=O)OCC(=O)N2c3ccccc3Sc3ccccc32)cc1. The molecule has 1 heterocycles. The van der Waals surface area contributed by atoms with Crippen molar-refractivity contribution in [1.29, 1.82) is 0 Å². The van der Waals surface area contributed by atoms with Crippen LogP contribution < -0.4 is 9.64 Å². The van der Waals surface area contributed by atoms with Gasteiger partial charge in [-0.25, -0.2) is 4.79 Å². The zero-order chi connectivity index (χ0) is 20.9. The van der Waals surface area contributed by atoms with Gasteiger partial charge in [-0.15, -0.1) is 0 Å². The van der Waals surface area contributed by atoms with Gasteiger partial charge in [0.1, 0.15) is 5.75 Å². The predicted octanol–water partition coefficient (Wildman–Crippen LogP) is 5.00. The highest BCUT2D eigenvalue weighted by molar-refractivity contribution is 7.99. The maximum absolute atomic E-state index is 13.0. The molecule has 3 aromatic carbocycles. The first-order valence-corrected chi connectivity index (χ1v) is 10.5. The molecule has 4 rings (SSSR count). The molecule has 0 spiro atoms. The van der Waals surface area contributed by atoms with E-state index in [-0.39, 0.29) is 19.1 Å². The van der Waals surface area contributed by atoms with Crippen molar-refractivity contribution < 1.29 is 19.1 Å². The van der Waals surface area contributed by atoms with Crippen molar-refractivity contribution in [3.05, 3.63) is 78.4 Å². The smallest absolute Gasteiger partial charge is 0.344 e. The number of anilines is 2. The molecule has 0 bridgehead atoms. The average molecular weight is 420 g/mol. The Morgan fingerprint density at radius 3 is 2.03 bits per heavy atom. The minimum atomic E-state index is -0.587. The quantitative estimate of drug-likeness (QED) is 0.526. The molecule has 0 unspecified atom stereocenters. The topological polar surface area (TPSA) is 55.8 Å². The second-order valence-corrected chi connectivity index (χ2v) is 7.80. The van der Waals surface area contributed by atoms with Gasteiger partial charge in [-0.1, -0.05) is 55.1 Å². The fourth-order valence-corrected chi connectivity index (χ4v) is 4.24. The summed E-state index contributed by atoms with van der Waals surface area (Å²) in [7, 11) is 0. The lowest BCUT2D eigenvalue weighted by molar-refractivity contribution is -0.149. The van der Waals surface area contributed by atoms with E-state index in [1.807, 2.05) is 72.8 Å². The van der Waals surface area contributed by atoms with E-state index >= 15 is 0 Å². The van der Waals surface area contributed by atoms with Crippen LogP contribution >= 0.6 is 11.8 Å². The van der Waals surface area contributed by atoms with Gasteiger partial charge in [0, 0.05) is 9.79 Å². The van der Waals surface area contributed by atoms with Crippen molar-refractivity contribution in [2.75, 3.05) is 18.1 Å². The van der Waals surface area contributed by atoms with Crippen molar-refractivity contribution in [1.82, 2.24) is 0 Å². The molecule has 3 aromatic rings. The van der Waals surface area contributed by atoms with E-state index in [0.29, 0.717) is 5.75 Å². The first-order chi connectivity index (χ1) is 14.7. The number of benzene rings is 3. The van der Waals surface area contributed by atoms with Crippen LogP contribution in [0.4, 0.5) is 11.4 Å². The summed E-state index contributed by atoms with van der Waals surface area (Å²) in [4.78, 5) is 28.6. The Balaban J connectivity index is 1.40. The molecule has 0 radical (unpaired) electrons. The second kappa shape index (κ2) is 9.05. The molecule has 6 heteroatoms. The van der Waals surface area contributed by atoms with Gasteiger partial charge in [0.25, 0.3) is 5.91 Å². The number of para-hydroxylation sites is 2. The third-order valence-electron chi connectivity index (χ3n) is 4.73. The van der Waals surface area contributed by atoms with E-state index in [1.165, 1.54) is 5.56 Å². The Kier molecular flexibility index (Phi) is 6.05. The van der Waals surface area contributed by atoms with Gasteiger partial charge in [-0.3, -0.25) is 9.69 Å². The van der Waals surface area contributed by atoms with E-state index in [1.54, 1.807) is 16.7 Å². The summed E-state index contributed by atoms with van der Waals surface area (Å²) in [6, 6.07) is 22.9. The molecule has 30 heavy (non-hydrogen) atoms. The minimum absolute atomic E-state index is 0.248. The predicted molar refractivity (Wildman–Crippen MR) is 116 cm³/mol. The molecule has 0 atom stereocenters. The number of hydrogen-bond donors (Lipinski definition) is 0. The number of nitrogens with zero attached hydrogens (tertiary/aromatic N) is 1. The van der Waals surface area contributed by atoms with Gasteiger partial charge in [0.15, 0.2) is 13.2 Å². The summed E-state index contributed by atoms with van der Waals surface area (Å²) >= 11 is 1.61. The summed E-state index contributed by atoms with van der Waals surface area (Å²) in [5.41, 5.74) is 2.76. The highest BCUT2D eigenvalue weighted by Crippen LogP contribution is 2.47. The maximum atomic E-state index is 13.0. The zero-order valence-electron chi connectivity index (χ0n) is 16.5. The monoisotopic (exact) mass is 419 g/mol. The lowest BCUT2D eigenvalue weighted by Crippen LogP contribution is -2.33. The van der Waals surface area contributed by atoms with Gasteiger partial charge in [-0.05, 0) is 48.4 Å². The third kappa shape index (κ3) is 4.33. The van der Waals surface area contributed by atoms with E-state index < -0.39 is 5.97 Å². The van der Waals surface area contributed by atoms with Crippen LogP contribution in [0.1, 0.15) is 12.5 Å². The molecule has 1 amide bonds. The molecule has 0 N–H and O–H groups in total. The van der Waals surface area contributed by atoms with Crippen LogP contribution in [0.5, 0.6) is 5.75 Å². The van der Waals surface area contributed by atoms with Crippen molar-refractivity contribution in [3.8, 4) is 5.75 Å². The highest BCUT2D eigenvalue weighted by Gasteiger charge is 2.28. The zero-order valence-corrected chi connectivity index (χ0v) is 17.4. The Hall–Kier alpha value is -3.25. The van der Waals surface area contributed by atoms with Gasteiger partial charge < -0.3 is 9.47 Å². The van der Waals surface area contributed by atoms with E-state index in [9.17, 15) is 9.59 Å². The van der Waals surface area contributed by atoms with E-state index in [4.69, 9.17) is 9.47 Å². The fourth-order valence-electron chi connectivity index (χ4n) is 3.19. The second-order valence-electron chi connectivity index (χ2n) is 6.71. The Morgan fingerprint density at radius 1 is 0.833 bits per heavy atom. The molecular formula is C24H21NO4S. The number of carbonyl (C=O) groups is 2. The number of rotatable bonds is 6. The van der Waals surface area contributed by atoms with Gasteiger partial charge >= 0.3 is 5.97 Å². The average Bonchev–Trinajstić information content (AvgIpc) is 2.79. The molecule has 0 fully saturated rings. The summed E-state index contributed by atoms with van der Waals surface area (Å²) in [6.45, 7) is 1.47. The molecule has 1 aliphatic heterocycles. The number of ether oxygens (including phenoxy) is 2. The van der Waals surface area contributed by atoms with Crippen LogP contribution in [0.15, 0.2) is 82.6 Å². The van der Waals surface area contributed by atoms with Crippen LogP contribution in [0, 0.1) is 0 Å². The maximum Gasteiger partial charge on any atom is 0.344 e. The Labute approximate surface area is 179 Å². The summed E-state index contributed by atoms with van der Waals surface area (Å²) in [5.74, 6) is -0.307. The first-order valence-electron chi connectivity index (χ1n) is 9.72. The molecule has 0 aliphatic carbocycles. The van der Waals surface area contributed by atoms with Crippen LogP contribution in [-0.2, 0) is 20.7 Å². The standard InChI is InChI=1S/C24H21NO4S/c1-2-17-11-13-18(14-12-17)28-16-24(27)29-15-23(26)25-19-7-3-5-9-21(19)30-22-10-6-4-8-20(22)25/h3-14H,2,15-16H2,1H3. The number of carbonyl (C=O) groups excluding carboxylic acids is 2. The van der Waals surface area contributed by atoms with Crippen molar-refractivity contribution >= 4 is 35.0 Å². The number of hydrogen-bond acceptors (Lipinski definition) is 5. The molecular weight excluding hydrogens is 398 g/mol. The number of aryl methyl sites for hydroxylation is 1. The molecule has 1 aliphatic rings. The normalized spacial score (nSPS) is 12.0. The Bertz CT molecular complexity index is 1020. The van der Waals surface area contributed by atoms with Crippen LogP contribution in [0.3, 0.4) is 0 Å². The first kappa shape index (κ1) is 20.0. The van der Waals surface area contributed by atoms with Crippen molar-refractivity contribution in [2.24, 2.45) is 0 Å². The largest absolute Gasteiger partial charge is 0.482 e. The van der Waals surface area contributed by atoms with Crippen LogP contribution in [-0.4, -0.2) is 25.1 Å². The summed E-state index contributed by atoms with van der Waals surface area (Å²) in [6.07, 6.45) is 0.936. The van der Waals surface area contributed by atoms with Crippen LogP contribution in [0.2, 0.25) is 0 Å². The fraction of sp³-hybridized carbons (Fsp3) is 0.167. The minimum Gasteiger partial charge on any atom is -0.482 e. The van der Waals surface area contributed by atoms with Crippen molar-refractivity contribution in [2.45, 2.75) is 23.1 Å². The summed E-state index contributed by atoms with van der Waals surface area (Å²) < 4.78 is 10.6. The van der Waals surface area contributed by atoms with E-state index in [2.05, 4.69) is 6.92 Å². The Morgan fingerprint density at radius 2 is 1.43 bits per heavy atom. The highest BCUT2D eigenvalue weighted by atomic mass is 32.2. The van der Waals surface area contributed by atoms with Gasteiger partial charge in [0.2, 0.25) is 0 Å². The van der Waals surface area contributed by atoms with Crippen molar-refractivity contribution in [3.63, 3.8) is 0 Å². The van der Waals surface area contributed by atoms with Crippen LogP contribution in [0.25, 0.3) is 0 Å². The van der Waals surface area contributed by atoms with E-state index in [0.717, 1.165) is 27.6 Å². The summed E-state index contributed by atoms with van der Waals surface area (Å²) in [5, 5.41) is 0. The van der Waals surface area contributed by atoms with Gasteiger partial charge in [-0.2, -0.15) is 0 Å². The number of esters is 1. The molecule has 0 saturated heterocycles. The number of amides is 1. The molecule has 0 aromatic heterocycles. The third-order valence-corrected chi connectivity index (χ3v) is 5.86.